The molecule has 1 saturated carbocycles. The molecule has 1 unspecified atom stereocenters. The SMILES string of the molecule is CCCC(C)C1CCC(c2ccc(-c3cc(F)c(F)cc3F)cc2)CC1. The van der Waals surface area contributed by atoms with Crippen LogP contribution in [0.3, 0.4) is 0 Å². The van der Waals surface area contributed by atoms with Crippen LogP contribution in [0.4, 0.5) is 13.2 Å². The fourth-order valence-corrected chi connectivity index (χ4v) is 4.39. The first-order chi connectivity index (χ1) is 12.5. The maximum absolute atomic E-state index is 13.9. The highest BCUT2D eigenvalue weighted by molar-refractivity contribution is 5.64. The molecular formula is C23H27F3. The molecule has 0 saturated heterocycles. The van der Waals surface area contributed by atoms with Crippen molar-refractivity contribution in [2.75, 3.05) is 0 Å². The molecule has 0 heterocycles. The van der Waals surface area contributed by atoms with Crippen molar-refractivity contribution in [3.8, 4) is 11.1 Å². The van der Waals surface area contributed by atoms with Crippen LogP contribution in [0.1, 0.15) is 63.9 Å². The highest BCUT2D eigenvalue weighted by Gasteiger charge is 2.25. The minimum absolute atomic E-state index is 0.104. The minimum atomic E-state index is -1.16. The van der Waals surface area contributed by atoms with Gasteiger partial charge in [-0.25, -0.2) is 13.2 Å². The predicted molar refractivity (Wildman–Crippen MR) is 101 cm³/mol. The molecule has 0 spiro atoms. The second-order valence-electron chi connectivity index (χ2n) is 7.75. The van der Waals surface area contributed by atoms with E-state index in [1.165, 1.54) is 44.1 Å². The van der Waals surface area contributed by atoms with Gasteiger partial charge in [-0.15, -0.1) is 0 Å². The molecule has 2 aromatic rings. The van der Waals surface area contributed by atoms with E-state index in [1.807, 2.05) is 24.3 Å². The molecule has 0 bridgehead atoms. The van der Waals surface area contributed by atoms with Crippen LogP contribution < -0.4 is 0 Å². The third kappa shape index (κ3) is 4.13. The van der Waals surface area contributed by atoms with Crippen LogP contribution in [-0.4, -0.2) is 0 Å². The predicted octanol–water partition coefficient (Wildman–Crippen LogP) is 7.48. The van der Waals surface area contributed by atoms with Crippen LogP contribution in [0, 0.1) is 29.3 Å². The average Bonchev–Trinajstić information content (AvgIpc) is 2.65. The third-order valence-electron chi connectivity index (χ3n) is 6.02. The Bertz CT molecular complexity index is 728. The van der Waals surface area contributed by atoms with Crippen molar-refractivity contribution < 1.29 is 13.2 Å². The molecule has 1 atom stereocenters. The standard InChI is InChI=1S/C23H27F3/c1-3-4-15(2)16-5-7-17(8-6-16)18-9-11-19(12-10-18)20-13-22(25)23(26)14-21(20)24/h9-17H,3-8H2,1-2H3. The fraction of sp³-hybridized carbons (Fsp3) is 0.478. The van der Waals surface area contributed by atoms with Gasteiger partial charge < -0.3 is 0 Å². The number of hydrogen-bond acceptors (Lipinski definition) is 0. The summed E-state index contributed by atoms with van der Waals surface area (Å²) in [5, 5.41) is 0. The van der Waals surface area contributed by atoms with Crippen LogP contribution in [-0.2, 0) is 0 Å². The van der Waals surface area contributed by atoms with Crippen molar-refractivity contribution in [3.63, 3.8) is 0 Å². The van der Waals surface area contributed by atoms with Gasteiger partial charge in [0.2, 0.25) is 0 Å². The first kappa shape index (κ1) is 19.0. The van der Waals surface area contributed by atoms with Gasteiger partial charge in [-0.3, -0.25) is 0 Å². The Balaban J connectivity index is 1.68. The van der Waals surface area contributed by atoms with E-state index >= 15 is 0 Å². The van der Waals surface area contributed by atoms with Crippen molar-refractivity contribution in [3.05, 3.63) is 59.4 Å². The summed E-state index contributed by atoms with van der Waals surface area (Å²) >= 11 is 0. The molecule has 1 aliphatic carbocycles. The third-order valence-corrected chi connectivity index (χ3v) is 6.02. The zero-order valence-corrected chi connectivity index (χ0v) is 15.6. The Hall–Kier alpha value is -1.77. The summed E-state index contributed by atoms with van der Waals surface area (Å²) in [6.07, 6.45) is 7.49. The molecule has 0 aromatic heterocycles. The number of halogens is 3. The molecule has 3 heteroatoms. The lowest BCUT2D eigenvalue weighted by Gasteiger charge is -2.32. The van der Waals surface area contributed by atoms with Crippen LogP contribution in [0.2, 0.25) is 0 Å². The molecule has 2 aromatic carbocycles. The van der Waals surface area contributed by atoms with E-state index in [0.29, 0.717) is 17.5 Å². The van der Waals surface area contributed by atoms with Crippen LogP contribution in [0.15, 0.2) is 36.4 Å². The van der Waals surface area contributed by atoms with E-state index in [2.05, 4.69) is 13.8 Å². The molecule has 0 nitrogen and oxygen atoms in total. The molecule has 26 heavy (non-hydrogen) atoms. The monoisotopic (exact) mass is 360 g/mol. The van der Waals surface area contributed by atoms with E-state index in [9.17, 15) is 13.2 Å². The maximum atomic E-state index is 13.9. The Morgan fingerprint density at radius 3 is 2.12 bits per heavy atom. The largest absolute Gasteiger partial charge is 0.206 e. The first-order valence-electron chi connectivity index (χ1n) is 9.74. The Kier molecular flexibility index (Phi) is 6.05. The molecule has 140 valence electrons. The van der Waals surface area contributed by atoms with E-state index in [1.54, 1.807) is 0 Å². The summed E-state index contributed by atoms with van der Waals surface area (Å²) in [5.41, 5.74) is 1.95. The Morgan fingerprint density at radius 2 is 1.50 bits per heavy atom. The molecule has 3 rings (SSSR count). The van der Waals surface area contributed by atoms with Gasteiger partial charge in [0.25, 0.3) is 0 Å². The van der Waals surface area contributed by atoms with Gasteiger partial charge >= 0.3 is 0 Å². The lowest BCUT2D eigenvalue weighted by Crippen LogP contribution is -2.19. The van der Waals surface area contributed by atoms with Crippen molar-refractivity contribution in [2.45, 2.75) is 58.3 Å². The molecule has 0 aliphatic heterocycles. The van der Waals surface area contributed by atoms with Gasteiger partial charge in [0.05, 0.1) is 0 Å². The lowest BCUT2D eigenvalue weighted by atomic mass is 9.73. The molecule has 0 amide bonds. The van der Waals surface area contributed by atoms with Crippen LogP contribution >= 0.6 is 0 Å². The Morgan fingerprint density at radius 1 is 0.885 bits per heavy atom. The van der Waals surface area contributed by atoms with Gasteiger partial charge in [-0.2, -0.15) is 0 Å². The minimum Gasteiger partial charge on any atom is -0.206 e. The van der Waals surface area contributed by atoms with Gasteiger partial charge in [-0.05, 0) is 60.6 Å². The molecular weight excluding hydrogens is 333 g/mol. The second-order valence-corrected chi connectivity index (χ2v) is 7.75. The summed E-state index contributed by atoms with van der Waals surface area (Å²) in [6.45, 7) is 4.62. The van der Waals surface area contributed by atoms with Gasteiger partial charge in [0, 0.05) is 11.6 Å². The zero-order valence-electron chi connectivity index (χ0n) is 15.6. The summed E-state index contributed by atoms with van der Waals surface area (Å²) < 4.78 is 40.5. The van der Waals surface area contributed by atoms with Gasteiger partial charge in [0.1, 0.15) is 5.82 Å². The first-order valence-corrected chi connectivity index (χ1v) is 9.74. The van der Waals surface area contributed by atoms with Crippen LogP contribution in [0.25, 0.3) is 11.1 Å². The van der Waals surface area contributed by atoms with Crippen molar-refractivity contribution >= 4 is 0 Å². The molecule has 1 fully saturated rings. The Labute approximate surface area is 154 Å². The maximum Gasteiger partial charge on any atom is 0.161 e. The average molecular weight is 360 g/mol. The normalized spacial score (nSPS) is 21.6. The van der Waals surface area contributed by atoms with Crippen molar-refractivity contribution in [2.24, 2.45) is 11.8 Å². The van der Waals surface area contributed by atoms with Crippen molar-refractivity contribution in [1.29, 1.82) is 0 Å². The highest BCUT2D eigenvalue weighted by Crippen LogP contribution is 2.40. The summed E-state index contributed by atoms with van der Waals surface area (Å²) in [6, 6.07) is 9.19. The second kappa shape index (κ2) is 8.28. The van der Waals surface area contributed by atoms with Gasteiger partial charge in [-0.1, -0.05) is 51.0 Å². The molecule has 0 N–H and O–H groups in total. The quantitative estimate of drug-likeness (QED) is 0.485. The number of benzene rings is 2. The lowest BCUT2D eigenvalue weighted by molar-refractivity contribution is 0.235. The van der Waals surface area contributed by atoms with E-state index < -0.39 is 17.5 Å². The topological polar surface area (TPSA) is 0 Å². The molecule has 1 aliphatic rings. The summed E-state index contributed by atoms with van der Waals surface area (Å²) in [5.74, 6) is -0.727. The van der Waals surface area contributed by atoms with Gasteiger partial charge in [0.15, 0.2) is 11.6 Å². The number of hydrogen-bond donors (Lipinski definition) is 0. The van der Waals surface area contributed by atoms with Crippen molar-refractivity contribution in [1.82, 2.24) is 0 Å². The smallest absolute Gasteiger partial charge is 0.161 e. The van der Waals surface area contributed by atoms with E-state index in [0.717, 1.165) is 17.9 Å². The number of rotatable bonds is 5. The molecule has 0 radical (unpaired) electrons. The summed E-state index contributed by atoms with van der Waals surface area (Å²) in [7, 11) is 0. The highest BCUT2D eigenvalue weighted by atomic mass is 19.2. The van der Waals surface area contributed by atoms with Crippen LogP contribution in [0.5, 0.6) is 0 Å². The summed E-state index contributed by atoms with van der Waals surface area (Å²) in [4.78, 5) is 0. The zero-order chi connectivity index (χ0) is 18.7. The fourth-order valence-electron chi connectivity index (χ4n) is 4.39. The van der Waals surface area contributed by atoms with E-state index in [-0.39, 0.29) is 5.56 Å². The van der Waals surface area contributed by atoms with E-state index in [4.69, 9.17) is 0 Å².